The summed E-state index contributed by atoms with van der Waals surface area (Å²) >= 11 is 0. The van der Waals surface area contributed by atoms with Crippen LogP contribution < -0.4 is 10.6 Å². The van der Waals surface area contributed by atoms with Crippen molar-refractivity contribution in [3.8, 4) is 0 Å². The molecule has 0 atom stereocenters. The molecule has 118 valence electrons. The Morgan fingerprint density at radius 3 is 2.71 bits per heavy atom. The van der Waals surface area contributed by atoms with Crippen LogP contribution in [0.5, 0.6) is 0 Å². The molecule has 0 aliphatic carbocycles. The summed E-state index contributed by atoms with van der Waals surface area (Å²) in [6.07, 6.45) is 2.22. The molecule has 0 heterocycles. The largest absolute Gasteiger partial charge is 0.380 e. The minimum absolute atomic E-state index is 0.222. The van der Waals surface area contributed by atoms with Gasteiger partial charge in [0.1, 0.15) is 5.82 Å². The molecule has 1 aromatic carbocycles. The molecule has 0 bridgehead atoms. The Kier molecular flexibility index (Phi) is 9.20. The number of hydrogen-bond donors (Lipinski definition) is 2. The van der Waals surface area contributed by atoms with Gasteiger partial charge in [-0.05, 0) is 19.4 Å². The fourth-order valence-corrected chi connectivity index (χ4v) is 1.72. The van der Waals surface area contributed by atoms with Crippen molar-refractivity contribution < 1.29 is 9.13 Å². The molecular weight excluding hydrogens is 269 g/mol. The summed E-state index contributed by atoms with van der Waals surface area (Å²) in [6.45, 7) is 7.34. The number of benzene rings is 1. The van der Waals surface area contributed by atoms with Gasteiger partial charge in [-0.15, -0.1) is 0 Å². The topological polar surface area (TPSA) is 45.6 Å². The normalized spacial score (nSPS) is 11.5. The molecule has 1 aromatic rings. The Morgan fingerprint density at radius 2 is 2.00 bits per heavy atom. The Labute approximate surface area is 126 Å². The van der Waals surface area contributed by atoms with E-state index in [1.54, 1.807) is 12.1 Å². The first-order chi connectivity index (χ1) is 10.3. The highest BCUT2D eigenvalue weighted by molar-refractivity contribution is 5.79. The van der Waals surface area contributed by atoms with E-state index in [4.69, 9.17) is 4.74 Å². The summed E-state index contributed by atoms with van der Waals surface area (Å²) in [6, 6.07) is 6.69. The first kappa shape index (κ1) is 17.4. The summed E-state index contributed by atoms with van der Waals surface area (Å²) in [4.78, 5) is 4.38. The van der Waals surface area contributed by atoms with Crippen LogP contribution in [-0.2, 0) is 11.3 Å². The highest BCUT2D eigenvalue weighted by Crippen LogP contribution is 2.07. The van der Waals surface area contributed by atoms with Crippen LogP contribution in [0.1, 0.15) is 32.3 Å². The van der Waals surface area contributed by atoms with Crippen molar-refractivity contribution >= 4 is 5.96 Å². The van der Waals surface area contributed by atoms with Crippen molar-refractivity contribution in [1.82, 2.24) is 10.6 Å². The molecule has 0 unspecified atom stereocenters. The standard InChI is InChI=1S/C16H26FN3O/c1-3-5-11-21-12-10-19-16(18-4-2)20-13-14-8-6-7-9-15(14)17/h6-9H,3-5,10-13H2,1-2H3,(H2,18,19,20). The predicted molar refractivity (Wildman–Crippen MR) is 84.9 cm³/mol. The van der Waals surface area contributed by atoms with E-state index in [2.05, 4.69) is 22.5 Å². The Balaban J connectivity index is 2.38. The second-order valence-electron chi connectivity index (χ2n) is 4.68. The number of halogens is 1. The van der Waals surface area contributed by atoms with Crippen LogP contribution in [0, 0.1) is 5.82 Å². The van der Waals surface area contributed by atoms with Crippen molar-refractivity contribution in [2.24, 2.45) is 4.99 Å². The summed E-state index contributed by atoms with van der Waals surface area (Å²) < 4.78 is 19.0. The molecule has 0 fully saturated rings. The van der Waals surface area contributed by atoms with E-state index in [1.165, 1.54) is 6.07 Å². The maximum atomic E-state index is 13.5. The van der Waals surface area contributed by atoms with E-state index in [9.17, 15) is 4.39 Å². The quantitative estimate of drug-likeness (QED) is 0.418. The lowest BCUT2D eigenvalue weighted by molar-refractivity contribution is 0.136. The van der Waals surface area contributed by atoms with Gasteiger partial charge in [-0.2, -0.15) is 0 Å². The van der Waals surface area contributed by atoms with Gasteiger partial charge in [0.05, 0.1) is 13.2 Å². The van der Waals surface area contributed by atoms with Gasteiger partial charge >= 0.3 is 0 Å². The van der Waals surface area contributed by atoms with Crippen molar-refractivity contribution in [3.63, 3.8) is 0 Å². The average molecular weight is 295 g/mol. The minimum atomic E-state index is -0.222. The number of nitrogens with one attached hydrogen (secondary N) is 2. The maximum absolute atomic E-state index is 13.5. The average Bonchev–Trinajstić information content (AvgIpc) is 2.49. The van der Waals surface area contributed by atoms with Gasteiger partial charge in [-0.3, -0.25) is 0 Å². The number of nitrogens with zero attached hydrogens (tertiary/aromatic N) is 1. The van der Waals surface area contributed by atoms with Crippen molar-refractivity contribution in [2.45, 2.75) is 33.2 Å². The second kappa shape index (κ2) is 11.1. The predicted octanol–water partition coefficient (Wildman–Crippen LogP) is 2.70. The molecule has 4 nitrogen and oxygen atoms in total. The highest BCUT2D eigenvalue weighted by Gasteiger charge is 2.01. The summed E-state index contributed by atoms with van der Waals surface area (Å²) in [5, 5.41) is 6.31. The van der Waals surface area contributed by atoms with E-state index in [-0.39, 0.29) is 5.82 Å². The van der Waals surface area contributed by atoms with Gasteiger partial charge in [-0.1, -0.05) is 31.5 Å². The van der Waals surface area contributed by atoms with E-state index in [1.807, 2.05) is 13.0 Å². The second-order valence-corrected chi connectivity index (χ2v) is 4.68. The van der Waals surface area contributed by atoms with Gasteiger partial charge < -0.3 is 15.4 Å². The molecular formula is C16H26FN3O. The molecule has 0 aromatic heterocycles. The third kappa shape index (κ3) is 7.66. The minimum Gasteiger partial charge on any atom is -0.380 e. The van der Waals surface area contributed by atoms with Crippen LogP contribution >= 0.6 is 0 Å². The molecule has 0 amide bonds. The van der Waals surface area contributed by atoms with E-state index in [0.29, 0.717) is 31.2 Å². The highest BCUT2D eigenvalue weighted by atomic mass is 19.1. The van der Waals surface area contributed by atoms with Crippen LogP contribution in [-0.4, -0.2) is 32.3 Å². The van der Waals surface area contributed by atoms with Crippen molar-refractivity contribution in [1.29, 1.82) is 0 Å². The van der Waals surface area contributed by atoms with E-state index < -0.39 is 0 Å². The molecule has 0 aliphatic rings. The van der Waals surface area contributed by atoms with Crippen LogP contribution in [0.4, 0.5) is 4.39 Å². The van der Waals surface area contributed by atoms with Gasteiger partial charge in [0.15, 0.2) is 5.96 Å². The lowest BCUT2D eigenvalue weighted by atomic mass is 10.2. The Bertz CT molecular complexity index is 424. The third-order valence-electron chi connectivity index (χ3n) is 2.89. The molecule has 2 N–H and O–H groups in total. The number of aliphatic imine (C=N–C) groups is 1. The number of rotatable bonds is 9. The zero-order chi connectivity index (χ0) is 15.3. The van der Waals surface area contributed by atoms with E-state index >= 15 is 0 Å². The molecule has 21 heavy (non-hydrogen) atoms. The van der Waals surface area contributed by atoms with Crippen LogP contribution in [0.2, 0.25) is 0 Å². The first-order valence-corrected chi connectivity index (χ1v) is 7.61. The molecule has 5 heteroatoms. The van der Waals surface area contributed by atoms with Crippen LogP contribution in [0.15, 0.2) is 29.3 Å². The Hall–Kier alpha value is -1.62. The zero-order valence-corrected chi connectivity index (χ0v) is 13.0. The summed E-state index contributed by atoms with van der Waals surface area (Å²) in [5.74, 6) is 0.458. The maximum Gasteiger partial charge on any atom is 0.191 e. The molecule has 0 aliphatic heterocycles. The number of guanidine groups is 1. The SMILES string of the molecule is CCCCOCCNC(=NCc1ccccc1F)NCC. The van der Waals surface area contributed by atoms with Gasteiger partial charge in [0.25, 0.3) is 0 Å². The van der Waals surface area contributed by atoms with Crippen molar-refractivity contribution in [2.75, 3.05) is 26.3 Å². The molecule has 0 spiro atoms. The van der Waals surface area contributed by atoms with Gasteiger partial charge in [0.2, 0.25) is 0 Å². The third-order valence-corrected chi connectivity index (χ3v) is 2.89. The Morgan fingerprint density at radius 1 is 1.19 bits per heavy atom. The smallest absolute Gasteiger partial charge is 0.191 e. The zero-order valence-electron chi connectivity index (χ0n) is 13.0. The lowest BCUT2D eigenvalue weighted by Gasteiger charge is -2.11. The first-order valence-electron chi connectivity index (χ1n) is 7.61. The fourth-order valence-electron chi connectivity index (χ4n) is 1.72. The molecule has 0 saturated heterocycles. The number of ether oxygens (including phenoxy) is 1. The monoisotopic (exact) mass is 295 g/mol. The fraction of sp³-hybridized carbons (Fsp3) is 0.562. The van der Waals surface area contributed by atoms with Gasteiger partial charge in [-0.25, -0.2) is 9.38 Å². The van der Waals surface area contributed by atoms with E-state index in [0.717, 1.165) is 26.0 Å². The molecule has 0 radical (unpaired) electrons. The number of unbranched alkanes of at least 4 members (excludes halogenated alkanes) is 1. The lowest BCUT2D eigenvalue weighted by Crippen LogP contribution is -2.39. The van der Waals surface area contributed by atoms with Crippen molar-refractivity contribution in [3.05, 3.63) is 35.6 Å². The van der Waals surface area contributed by atoms with Crippen LogP contribution in [0.25, 0.3) is 0 Å². The molecule has 0 saturated carbocycles. The van der Waals surface area contributed by atoms with Crippen LogP contribution in [0.3, 0.4) is 0 Å². The number of hydrogen-bond acceptors (Lipinski definition) is 2. The summed E-state index contributed by atoms with van der Waals surface area (Å²) in [5.41, 5.74) is 0.592. The van der Waals surface area contributed by atoms with Gasteiger partial charge in [0, 0.05) is 25.3 Å². The molecule has 1 rings (SSSR count). The summed E-state index contributed by atoms with van der Waals surface area (Å²) in [7, 11) is 0.